The molecule has 5 nitrogen and oxygen atoms in total. The highest BCUT2D eigenvalue weighted by Crippen LogP contribution is 2.43. The average Bonchev–Trinajstić information content (AvgIpc) is 2.62. The third-order valence-corrected chi connectivity index (χ3v) is 3.39. The molecule has 0 aliphatic carbocycles. The molecule has 5 atom stereocenters. The Morgan fingerprint density at radius 3 is 1.94 bits per heavy atom. The van der Waals surface area contributed by atoms with E-state index in [2.05, 4.69) is 0 Å². The lowest BCUT2D eigenvalue weighted by atomic mass is 10.0. The maximum absolute atomic E-state index is 5.92. The Morgan fingerprint density at radius 2 is 1.24 bits per heavy atom. The molecule has 0 unspecified atom stereocenters. The van der Waals surface area contributed by atoms with E-state index in [1.54, 1.807) is 0 Å². The molecule has 3 saturated heterocycles. The van der Waals surface area contributed by atoms with Crippen LogP contribution in [0, 0.1) is 0 Å². The molecule has 0 bridgehead atoms. The summed E-state index contributed by atoms with van der Waals surface area (Å²) in [6.45, 7) is 9.57. The zero-order chi connectivity index (χ0) is 12.4. The van der Waals surface area contributed by atoms with Crippen LogP contribution in [0.3, 0.4) is 0 Å². The molecule has 0 saturated carbocycles. The van der Waals surface area contributed by atoms with Gasteiger partial charge in [0.2, 0.25) is 0 Å². The second kappa shape index (κ2) is 3.42. The van der Waals surface area contributed by atoms with E-state index in [9.17, 15) is 0 Å². The summed E-state index contributed by atoms with van der Waals surface area (Å²) in [6, 6.07) is 0. The van der Waals surface area contributed by atoms with Crippen LogP contribution in [0.1, 0.15) is 34.6 Å². The van der Waals surface area contributed by atoms with Crippen molar-refractivity contribution in [2.24, 2.45) is 0 Å². The molecule has 3 fully saturated rings. The quantitative estimate of drug-likeness (QED) is 0.644. The van der Waals surface area contributed by atoms with Crippen molar-refractivity contribution in [2.75, 3.05) is 0 Å². The topological polar surface area (TPSA) is 46.2 Å². The Bertz CT molecular complexity index is 327. The molecule has 5 heteroatoms. The normalized spacial score (nSPS) is 51.0. The van der Waals surface area contributed by atoms with Gasteiger partial charge in [-0.15, -0.1) is 0 Å². The molecule has 0 N–H and O–H groups in total. The minimum absolute atomic E-state index is 0.0551. The molecule has 0 radical (unpaired) electrons. The van der Waals surface area contributed by atoms with Gasteiger partial charge in [-0.3, -0.25) is 0 Å². The first kappa shape index (κ1) is 11.9. The van der Waals surface area contributed by atoms with Crippen molar-refractivity contribution in [3.05, 3.63) is 0 Å². The fourth-order valence-electron chi connectivity index (χ4n) is 2.81. The Hall–Kier alpha value is -0.200. The van der Waals surface area contributed by atoms with E-state index in [0.29, 0.717) is 0 Å². The zero-order valence-electron chi connectivity index (χ0n) is 10.9. The Balaban J connectivity index is 1.86. The summed E-state index contributed by atoms with van der Waals surface area (Å²) in [5.41, 5.74) is 0. The zero-order valence-corrected chi connectivity index (χ0v) is 10.9. The van der Waals surface area contributed by atoms with E-state index >= 15 is 0 Å². The number of fused-ring (bicyclic) bond motifs is 3. The molecule has 3 rings (SSSR count). The standard InChI is InChI=1S/C12H20O5/c1-6-7-8(15-11(2,3)14-7)9-10(13-6)17-12(4,5)16-9/h6-10H,1-5H3/t6-,7+,8-,9-,10-/m1/s1. The minimum atomic E-state index is -0.625. The first-order chi connectivity index (χ1) is 7.77. The van der Waals surface area contributed by atoms with Crippen molar-refractivity contribution >= 4 is 0 Å². The van der Waals surface area contributed by atoms with Gasteiger partial charge >= 0.3 is 0 Å². The van der Waals surface area contributed by atoms with Crippen molar-refractivity contribution in [3.8, 4) is 0 Å². The SMILES string of the molecule is C[C@H]1O[C@@H]2OC(C)(C)O[C@@H]2[C@@H]2OC(C)(C)O[C@H]21. The van der Waals surface area contributed by atoms with Crippen LogP contribution in [-0.2, 0) is 23.7 Å². The van der Waals surface area contributed by atoms with E-state index in [0.717, 1.165) is 0 Å². The van der Waals surface area contributed by atoms with E-state index in [1.165, 1.54) is 0 Å². The van der Waals surface area contributed by atoms with Crippen LogP contribution in [0.15, 0.2) is 0 Å². The van der Waals surface area contributed by atoms with Gasteiger partial charge in [-0.1, -0.05) is 0 Å². The van der Waals surface area contributed by atoms with E-state index in [-0.39, 0.29) is 30.7 Å². The first-order valence-corrected chi connectivity index (χ1v) is 6.14. The highest BCUT2D eigenvalue weighted by molar-refractivity contribution is 4.98. The Labute approximate surface area is 101 Å². The van der Waals surface area contributed by atoms with Crippen molar-refractivity contribution in [3.63, 3.8) is 0 Å². The molecule has 0 amide bonds. The summed E-state index contributed by atoms with van der Waals surface area (Å²) in [5, 5.41) is 0. The highest BCUT2D eigenvalue weighted by atomic mass is 16.9. The highest BCUT2D eigenvalue weighted by Gasteiger charge is 2.59. The number of ether oxygens (including phenoxy) is 5. The van der Waals surface area contributed by atoms with Gasteiger partial charge in [0.05, 0.1) is 6.10 Å². The third-order valence-electron chi connectivity index (χ3n) is 3.39. The van der Waals surface area contributed by atoms with Gasteiger partial charge < -0.3 is 23.7 Å². The lowest BCUT2D eigenvalue weighted by Crippen LogP contribution is -2.53. The molecule has 98 valence electrons. The minimum Gasteiger partial charge on any atom is -0.344 e. The lowest BCUT2D eigenvalue weighted by Gasteiger charge is -2.35. The van der Waals surface area contributed by atoms with Gasteiger partial charge in [0.15, 0.2) is 17.9 Å². The van der Waals surface area contributed by atoms with Crippen LogP contribution in [0.4, 0.5) is 0 Å². The molecule has 3 aliphatic rings. The third kappa shape index (κ3) is 1.90. The first-order valence-electron chi connectivity index (χ1n) is 6.14. The van der Waals surface area contributed by atoms with Crippen molar-refractivity contribution < 1.29 is 23.7 Å². The van der Waals surface area contributed by atoms with E-state index < -0.39 is 11.6 Å². The summed E-state index contributed by atoms with van der Waals surface area (Å²) >= 11 is 0. The summed E-state index contributed by atoms with van der Waals surface area (Å²) < 4.78 is 29.2. The van der Waals surface area contributed by atoms with Crippen LogP contribution in [0.25, 0.3) is 0 Å². The van der Waals surface area contributed by atoms with Crippen molar-refractivity contribution in [1.29, 1.82) is 0 Å². The monoisotopic (exact) mass is 244 g/mol. The molecular weight excluding hydrogens is 224 g/mol. The number of hydrogen-bond acceptors (Lipinski definition) is 5. The molecule has 0 spiro atoms. The number of rotatable bonds is 0. The summed E-state index contributed by atoms with van der Waals surface area (Å²) in [7, 11) is 0. The Kier molecular flexibility index (Phi) is 2.39. The predicted octanol–water partition coefficient (Wildman–Crippen LogP) is 1.40. The van der Waals surface area contributed by atoms with E-state index in [4.69, 9.17) is 23.7 Å². The molecule has 0 aromatic carbocycles. The van der Waals surface area contributed by atoms with Crippen LogP contribution >= 0.6 is 0 Å². The lowest BCUT2D eigenvalue weighted by molar-refractivity contribution is -0.229. The molecule has 0 aromatic heterocycles. The van der Waals surface area contributed by atoms with Crippen molar-refractivity contribution in [1.82, 2.24) is 0 Å². The second-order valence-corrected chi connectivity index (χ2v) is 5.87. The summed E-state index contributed by atoms with van der Waals surface area (Å²) in [6.07, 6.45) is -0.850. The van der Waals surface area contributed by atoms with Crippen LogP contribution < -0.4 is 0 Å². The average molecular weight is 244 g/mol. The van der Waals surface area contributed by atoms with Crippen LogP contribution in [0.5, 0.6) is 0 Å². The molecule has 0 aromatic rings. The molecule has 3 heterocycles. The van der Waals surface area contributed by atoms with E-state index in [1.807, 2.05) is 34.6 Å². The van der Waals surface area contributed by atoms with Crippen LogP contribution in [0.2, 0.25) is 0 Å². The van der Waals surface area contributed by atoms with Gasteiger partial charge in [-0.25, -0.2) is 0 Å². The molecule has 17 heavy (non-hydrogen) atoms. The fourth-order valence-corrected chi connectivity index (χ4v) is 2.81. The maximum atomic E-state index is 5.92. The molecule has 3 aliphatic heterocycles. The van der Waals surface area contributed by atoms with Crippen LogP contribution in [-0.4, -0.2) is 42.3 Å². The largest absolute Gasteiger partial charge is 0.344 e. The van der Waals surface area contributed by atoms with Gasteiger partial charge in [-0.2, -0.15) is 0 Å². The van der Waals surface area contributed by atoms with Gasteiger partial charge in [0, 0.05) is 0 Å². The predicted molar refractivity (Wildman–Crippen MR) is 58.2 cm³/mol. The Morgan fingerprint density at radius 1 is 0.706 bits per heavy atom. The van der Waals surface area contributed by atoms with Gasteiger partial charge in [0.1, 0.15) is 18.3 Å². The number of hydrogen-bond donors (Lipinski definition) is 0. The molecular formula is C12H20O5. The van der Waals surface area contributed by atoms with Crippen molar-refractivity contribution in [2.45, 2.75) is 76.9 Å². The van der Waals surface area contributed by atoms with Gasteiger partial charge in [-0.05, 0) is 34.6 Å². The second-order valence-electron chi connectivity index (χ2n) is 5.87. The summed E-state index contributed by atoms with van der Waals surface area (Å²) in [5.74, 6) is -1.21. The maximum Gasteiger partial charge on any atom is 0.190 e. The van der Waals surface area contributed by atoms with Gasteiger partial charge in [0.25, 0.3) is 0 Å². The fraction of sp³-hybridized carbons (Fsp3) is 1.00. The summed E-state index contributed by atoms with van der Waals surface area (Å²) in [4.78, 5) is 0. The smallest absolute Gasteiger partial charge is 0.190 e.